The molecular formula is C30H37FN3O3+. The number of aryl methyl sites for hydroxylation is 1. The zero-order valence-electron chi connectivity index (χ0n) is 21.6. The Morgan fingerprint density at radius 2 is 1.81 bits per heavy atom. The molecule has 1 saturated carbocycles. The summed E-state index contributed by atoms with van der Waals surface area (Å²) in [6.45, 7) is 5.30. The summed E-state index contributed by atoms with van der Waals surface area (Å²) in [7, 11) is 0. The van der Waals surface area contributed by atoms with Crippen LogP contribution in [-0.2, 0) is 12.1 Å². The number of hydrogen-bond acceptors (Lipinski definition) is 5. The van der Waals surface area contributed by atoms with Gasteiger partial charge in [-0.2, -0.15) is 4.98 Å². The molecule has 3 aliphatic heterocycles. The van der Waals surface area contributed by atoms with Gasteiger partial charge in [-0.3, -0.25) is 0 Å². The highest BCUT2D eigenvalue weighted by atomic mass is 19.1. The van der Waals surface area contributed by atoms with Crippen molar-refractivity contribution in [3.8, 4) is 5.75 Å². The lowest BCUT2D eigenvalue weighted by Gasteiger charge is -2.51. The van der Waals surface area contributed by atoms with Gasteiger partial charge in [0.1, 0.15) is 18.1 Å². The maximum absolute atomic E-state index is 14.1. The van der Waals surface area contributed by atoms with E-state index in [-0.39, 0.29) is 17.8 Å². The van der Waals surface area contributed by atoms with Crippen LogP contribution in [0.4, 0.5) is 4.39 Å². The Kier molecular flexibility index (Phi) is 6.53. The molecule has 7 rings (SSSR count). The number of hydrogen-bond donors (Lipinski definition) is 1. The van der Waals surface area contributed by atoms with Gasteiger partial charge in [-0.15, -0.1) is 0 Å². The average molecular weight is 507 g/mol. The SMILES string of the molecule is Cc1ccc(O[C@H]2C[N+]3(Cc4nc([C@](O)(c5ccccc5)C5CCCCC5)no4)CCC2CC3)cc1F. The van der Waals surface area contributed by atoms with Crippen molar-refractivity contribution in [2.45, 2.75) is 70.1 Å². The Morgan fingerprint density at radius 3 is 2.54 bits per heavy atom. The number of ether oxygens (including phenoxy) is 1. The van der Waals surface area contributed by atoms with E-state index in [1.165, 1.54) is 12.5 Å². The molecule has 4 fully saturated rings. The Hall–Kier alpha value is -2.77. The Labute approximate surface area is 218 Å². The van der Waals surface area contributed by atoms with Crippen molar-refractivity contribution in [1.29, 1.82) is 0 Å². The van der Waals surface area contributed by atoms with Crippen LogP contribution in [-0.4, -0.2) is 45.5 Å². The molecule has 1 aliphatic carbocycles. The molecule has 0 amide bonds. The van der Waals surface area contributed by atoms with Crippen LogP contribution in [0, 0.1) is 24.6 Å². The third-order valence-corrected chi connectivity index (χ3v) is 9.16. The number of aliphatic hydroxyl groups is 1. The Balaban J connectivity index is 1.23. The fraction of sp³-hybridized carbons (Fsp3) is 0.533. The molecule has 2 aromatic carbocycles. The molecular weight excluding hydrogens is 469 g/mol. The number of nitrogens with zero attached hydrogens (tertiary/aromatic N) is 3. The van der Waals surface area contributed by atoms with Crippen molar-refractivity contribution < 1.29 is 23.2 Å². The van der Waals surface area contributed by atoms with Crippen molar-refractivity contribution in [2.24, 2.45) is 11.8 Å². The predicted molar refractivity (Wildman–Crippen MR) is 137 cm³/mol. The van der Waals surface area contributed by atoms with E-state index in [0.717, 1.165) is 68.2 Å². The highest BCUT2D eigenvalue weighted by molar-refractivity contribution is 5.30. The first-order valence-corrected chi connectivity index (χ1v) is 13.8. The van der Waals surface area contributed by atoms with Crippen molar-refractivity contribution in [2.75, 3.05) is 19.6 Å². The van der Waals surface area contributed by atoms with Gasteiger partial charge in [0.25, 0.3) is 5.89 Å². The molecule has 4 aliphatic rings. The number of fused-ring (bicyclic) bond motifs is 3. The summed E-state index contributed by atoms with van der Waals surface area (Å²) >= 11 is 0. The quantitative estimate of drug-likeness (QED) is 0.427. The van der Waals surface area contributed by atoms with Crippen LogP contribution in [0.1, 0.15) is 67.8 Å². The molecule has 4 heterocycles. The summed E-state index contributed by atoms with van der Waals surface area (Å²) in [5.74, 6) is 1.87. The minimum absolute atomic E-state index is 0.0375. The summed E-state index contributed by atoms with van der Waals surface area (Å²) in [4.78, 5) is 4.83. The molecule has 37 heavy (non-hydrogen) atoms. The summed E-state index contributed by atoms with van der Waals surface area (Å²) in [6, 6.07) is 15.0. The van der Waals surface area contributed by atoms with Gasteiger partial charge in [-0.25, -0.2) is 4.39 Å². The van der Waals surface area contributed by atoms with Gasteiger partial charge in [0, 0.05) is 24.8 Å². The van der Waals surface area contributed by atoms with Gasteiger partial charge in [-0.05, 0) is 42.9 Å². The molecule has 0 spiro atoms. The molecule has 3 saturated heterocycles. The van der Waals surface area contributed by atoms with E-state index < -0.39 is 5.60 Å². The minimum atomic E-state index is -1.25. The maximum Gasteiger partial charge on any atom is 0.282 e. The number of aromatic nitrogens is 2. The zero-order chi connectivity index (χ0) is 25.5. The first-order chi connectivity index (χ1) is 18.0. The Morgan fingerprint density at radius 1 is 1.05 bits per heavy atom. The number of piperidine rings is 3. The van der Waals surface area contributed by atoms with Crippen LogP contribution in [0.5, 0.6) is 5.75 Å². The van der Waals surface area contributed by atoms with Gasteiger partial charge in [0.15, 0.2) is 18.2 Å². The summed E-state index contributed by atoms with van der Waals surface area (Å²) in [5.41, 5.74) is 0.207. The fourth-order valence-electron chi connectivity index (χ4n) is 6.92. The number of quaternary nitrogens is 1. The van der Waals surface area contributed by atoms with Gasteiger partial charge in [0.2, 0.25) is 5.82 Å². The molecule has 6 nitrogen and oxygen atoms in total. The summed E-state index contributed by atoms with van der Waals surface area (Å²) in [6.07, 6.45) is 7.50. The smallest absolute Gasteiger partial charge is 0.282 e. The lowest BCUT2D eigenvalue weighted by molar-refractivity contribution is -0.959. The highest BCUT2D eigenvalue weighted by Gasteiger charge is 2.49. The Bertz CT molecular complexity index is 1220. The normalized spacial score (nSPS) is 27.6. The second-order valence-electron chi connectivity index (χ2n) is 11.5. The number of benzene rings is 2. The molecule has 1 N–H and O–H groups in total. The topological polar surface area (TPSA) is 68.4 Å². The standard InChI is InChI=1S/C30H37FN3O3/c1-21-12-13-25(18-26(21)31)36-27-19-34(16-14-22(27)15-17-34)20-28-32-29(33-37-28)30(35,23-8-4-2-5-9-23)24-10-6-3-7-11-24/h2,4-5,8-9,12-13,18,22,24,27,35H,3,6-7,10-11,14-17,19-20H2,1H3/q+1/t22?,27-,30-,34?/m0/s1. The average Bonchev–Trinajstić information content (AvgIpc) is 3.40. The van der Waals surface area contributed by atoms with E-state index in [2.05, 4.69) is 5.16 Å². The maximum atomic E-state index is 14.1. The third-order valence-electron chi connectivity index (χ3n) is 9.16. The summed E-state index contributed by atoms with van der Waals surface area (Å²) in [5, 5.41) is 16.5. The number of rotatable bonds is 7. The molecule has 196 valence electrons. The summed E-state index contributed by atoms with van der Waals surface area (Å²) < 4.78 is 27.1. The molecule has 7 heteroatoms. The molecule has 2 bridgehead atoms. The van der Waals surface area contributed by atoms with Crippen molar-refractivity contribution in [3.63, 3.8) is 0 Å². The van der Waals surface area contributed by atoms with E-state index in [0.29, 0.717) is 35.5 Å². The van der Waals surface area contributed by atoms with E-state index in [9.17, 15) is 9.50 Å². The molecule has 3 aromatic rings. The van der Waals surface area contributed by atoms with Crippen LogP contribution in [0.3, 0.4) is 0 Å². The molecule has 0 unspecified atom stereocenters. The molecule has 1 aromatic heterocycles. The van der Waals surface area contributed by atoms with Crippen LogP contribution in [0.15, 0.2) is 53.1 Å². The first-order valence-electron chi connectivity index (χ1n) is 13.8. The van der Waals surface area contributed by atoms with Crippen LogP contribution >= 0.6 is 0 Å². The van der Waals surface area contributed by atoms with Crippen molar-refractivity contribution in [1.82, 2.24) is 10.1 Å². The van der Waals surface area contributed by atoms with E-state index in [1.54, 1.807) is 13.0 Å². The molecule has 2 atom stereocenters. The molecule has 0 radical (unpaired) electrons. The highest BCUT2D eigenvalue weighted by Crippen LogP contribution is 2.43. The monoisotopic (exact) mass is 506 g/mol. The first kappa shape index (κ1) is 24.6. The van der Waals surface area contributed by atoms with Crippen molar-refractivity contribution in [3.05, 3.63) is 77.2 Å². The minimum Gasteiger partial charge on any atom is -0.484 e. The van der Waals surface area contributed by atoms with Gasteiger partial charge >= 0.3 is 0 Å². The van der Waals surface area contributed by atoms with E-state index in [4.69, 9.17) is 14.2 Å². The van der Waals surface area contributed by atoms with Crippen molar-refractivity contribution >= 4 is 0 Å². The van der Waals surface area contributed by atoms with Gasteiger partial charge in [0.05, 0.1) is 13.1 Å². The van der Waals surface area contributed by atoms with Gasteiger partial charge < -0.3 is 18.8 Å². The third kappa shape index (κ3) is 4.68. The van der Waals surface area contributed by atoms with Gasteiger partial charge in [-0.1, -0.05) is 60.8 Å². The fourth-order valence-corrected chi connectivity index (χ4v) is 6.92. The van der Waals surface area contributed by atoms with Crippen LogP contribution in [0.25, 0.3) is 0 Å². The van der Waals surface area contributed by atoms with E-state index >= 15 is 0 Å². The second-order valence-corrected chi connectivity index (χ2v) is 11.5. The zero-order valence-corrected chi connectivity index (χ0v) is 21.6. The lowest BCUT2D eigenvalue weighted by atomic mass is 9.73. The largest absolute Gasteiger partial charge is 0.484 e. The van der Waals surface area contributed by atoms with Crippen LogP contribution < -0.4 is 4.74 Å². The van der Waals surface area contributed by atoms with E-state index in [1.807, 2.05) is 36.4 Å². The lowest BCUT2D eigenvalue weighted by Crippen LogP contribution is -2.64. The van der Waals surface area contributed by atoms with Crippen LogP contribution in [0.2, 0.25) is 0 Å². The predicted octanol–water partition coefficient (Wildman–Crippen LogP) is 5.52. The number of halogens is 1. The second kappa shape index (κ2) is 9.84.